The van der Waals surface area contributed by atoms with Crippen LogP contribution in [0.25, 0.3) is 0 Å². The van der Waals surface area contributed by atoms with Crippen molar-refractivity contribution in [3.63, 3.8) is 0 Å². The molecule has 3 N–H and O–H groups in total. The molecule has 12 heteroatoms. The SMILES string of the molecule is N#C[C@@H]1CCCN1C(=O)[C@@H](N)CCC(=O)N1CCSC1.O=C(O)C(F)(F)F. The van der Waals surface area contributed by atoms with Crippen molar-refractivity contribution in [1.82, 2.24) is 9.80 Å². The maximum absolute atomic E-state index is 12.2. The van der Waals surface area contributed by atoms with Gasteiger partial charge in [-0.1, -0.05) is 0 Å². The molecule has 2 fully saturated rings. The van der Waals surface area contributed by atoms with E-state index in [0.29, 0.717) is 19.4 Å². The van der Waals surface area contributed by atoms with Gasteiger partial charge in [-0.05, 0) is 19.3 Å². The van der Waals surface area contributed by atoms with E-state index in [4.69, 9.17) is 20.9 Å². The lowest BCUT2D eigenvalue weighted by Crippen LogP contribution is -2.46. The molecular weight excluding hydrogens is 389 g/mol. The summed E-state index contributed by atoms with van der Waals surface area (Å²) in [6.45, 7) is 1.39. The zero-order valence-corrected chi connectivity index (χ0v) is 15.3. The summed E-state index contributed by atoms with van der Waals surface area (Å²) >= 11 is 1.74. The van der Waals surface area contributed by atoms with Gasteiger partial charge in [-0.25, -0.2) is 4.79 Å². The van der Waals surface area contributed by atoms with E-state index in [1.807, 2.05) is 0 Å². The van der Waals surface area contributed by atoms with E-state index in [9.17, 15) is 22.8 Å². The van der Waals surface area contributed by atoms with Crippen molar-refractivity contribution in [1.29, 1.82) is 5.26 Å². The van der Waals surface area contributed by atoms with Gasteiger partial charge in [0.2, 0.25) is 11.8 Å². The van der Waals surface area contributed by atoms with E-state index < -0.39 is 18.2 Å². The highest BCUT2D eigenvalue weighted by atomic mass is 32.2. The minimum atomic E-state index is -5.08. The first-order valence-electron chi connectivity index (χ1n) is 8.19. The summed E-state index contributed by atoms with van der Waals surface area (Å²) in [6.07, 6.45) is -2.86. The number of rotatable bonds is 4. The van der Waals surface area contributed by atoms with Gasteiger partial charge in [0.15, 0.2) is 0 Å². The molecule has 8 nitrogen and oxygen atoms in total. The van der Waals surface area contributed by atoms with Crippen LogP contribution in [0.3, 0.4) is 0 Å². The number of carboxylic acids is 1. The first kappa shape index (κ1) is 23.0. The van der Waals surface area contributed by atoms with Crippen LogP contribution in [0.4, 0.5) is 13.2 Å². The summed E-state index contributed by atoms with van der Waals surface area (Å²) in [5, 5.41) is 16.1. The van der Waals surface area contributed by atoms with Crippen LogP contribution in [0.15, 0.2) is 0 Å². The number of halogens is 3. The van der Waals surface area contributed by atoms with Crippen LogP contribution in [-0.4, -0.2) is 75.7 Å². The summed E-state index contributed by atoms with van der Waals surface area (Å²) in [6, 6.07) is 1.11. The second-order valence-electron chi connectivity index (χ2n) is 5.96. The molecule has 0 aliphatic carbocycles. The number of hydrogen-bond donors (Lipinski definition) is 2. The Balaban J connectivity index is 0.000000445. The Morgan fingerprint density at radius 3 is 2.44 bits per heavy atom. The number of nitrogens with zero attached hydrogens (tertiary/aromatic N) is 3. The summed E-state index contributed by atoms with van der Waals surface area (Å²) in [5.74, 6) is -1.17. The average molecular weight is 410 g/mol. The van der Waals surface area contributed by atoms with Crippen molar-refractivity contribution < 1.29 is 32.7 Å². The monoisotopic (exact) mass is 410 g/mol. The molecule has 0 spiro atoms. The van der Waals surface area contributed by atoms with Gasteiger partial charge in [0.25, 0.3) is 0 Å². The van der Waals surface area contributed by atoms with Gasteiger partial charge in [-0.3, -0.25) is 9.59 Å². The summed E-state index contributed by atoms with van der Waals surface area (Å²) in [5.41, 5.74) is 5.88. The third-order valence-electron chi connectivity index (χ3n) is 4.02. The molecule has 2 rings (SSSR count). The average Bonchev–Trinajstić information content (AvgIpc) is 3.29. The highest BCUT2D eigenvalue weighted by Crippen LogP contribution is 2.19. The zero-order valence-electron chi connectivity index (χ0n) is 14.4. The Kier molecular flexibility index (Phi) is 8.84. The topological polar surface area (TPSA) is 128 Å². The number of thioether (sulfide) groups is 1. The van der Waals surface area contributed by atoms with E-state index in [-0.39, 0.29) is 17.9 Å². The van der Waals surface area contributed by atoms with Crippen LogP contribution in [0.1, 0.15) is 25.7 Å². The minimum absolute atomic E-state index is 0.0662. The Morgan fingerprint density at radius 2 is 1.96 bits per heavy atom. The van der Waals surface area contributed by atoms with E-state index in [2.05, 4.69) is 6.07 Å². The second kappa shape index (κ2) is 10.4. The van der Waals surface area contributed by atoms with Crippen LogP contribution >= 0.6 is 11.8 Å². The molecule has 2 aliphatic rings. The first-order valence-corrected chi connectivity index (χ1v) is 9.34. The molecule has 2 saturated heterocycles. The fourth-order valence-corrected chi connectivity index (χ4v) is 3.52. The van der Waals surface area contributed by atoms with Gasteiger partial charge < -0.3 is 20.6 Å². The van der Waals surface area contributed by atoms with Crippen molar-refractivity contribution >= 4 is 29.5 Å². The molecule has 0 unspecified atom stereocenters. The van der Waals surface area contributed by atoms with E-state index in [0.717, 1.165) is 31.0 Å². The summed E-state index contributed by atoms with van der Waals surface area (Å²) in [7, 11) is 0. The van der Waals surface area contributed by atoms with Gasteiger partial charge >= 0.3 is 12.1 Å². The first-order chi connectivity index (χ1) is 12.6. The predicted octanol–water partition coefficient (Wildman–Crippen LogP) is 0.775. The van der Waals surface area contributed by atoms with Crippen LogP contribution in [0.2, 0.25) is 0 Å². The Labute approximate surface area is 158 Å². The van der Waals surface area contributed by atoms with Gasteiger partial charge in [-0.2, -0.15) is 18.4 Å². The number of amides is 2. The number of carboxylic acid groups (broad SMARTS) is 1. The molecular formula is C15H21F3N4O4S. The number of nitriles is 1. The third kappa shape index (κ3) is 7.26. The molecule has 0 saturated carbocycles. The summed E-state index contributed by atoms with van der Waals surface area (Å²) in [4.78, 5) is 36.3. The number of aliphatic carboxylic acids is 1. The molecule has 2 amide bonds. The molecule has 152 valence electrons. The highest BCUT2D eigenvalue weighted by Gasteiger charge is 2.38. The Hall–Kier alpha value is -2.00. The number of likely N-dealkylation sites (tertiary alicyclic amines) is 1. The molecule has 0 radical (unpaired) electrons. The largest absolute Gasteiger partial charge is 0.490 e. The quantitative estimate of drug-likeness (QED) is 0.701. The lowest BCUT2D eigenvalue weighted by molar-refractivity contribution is -0.192. The Morgan fingerprint density at radius 1 is 1.33 bits per heavy atom. The number of hydrogen-bond acceptors (Lipinski definition) is 6. The van der Waals surface area contributed by atoms with Gasteiger partial charge in [0.1, 0.15) is 6.04 Å². The third-order valence-corrected chi connectivity index (χ3v) is 4.98. The molecule has 2 atom stereocenters. The normalized spacial score (nSPS) is 20.5. The minimum Gasteiger partial charge on any atom is -0.475 e. The molecule has 2 heterocycles. The smallest absolute Gasteiger partial charge is 0.475 e. The number of carbonyl (C=O) groups excluding carboxylic acids is 2. The standard InChI is InChI=1S/C13H20N4O2S.C2HF3O2/c14-8-10-2-1-5-17(10)13(19)11(15)3-4-12(18)16-6-7-20-9-16;3-2(4,5)1(6)7/h10-11H,1-7,9,15H2;(H,6,7)/t10-,11-;/m0./s1. The molecule has 0 aromatic heterocycles. The molecule has 27 heavy (non-hydrogen) atoms. The molecule has 0 aromatic rings. The molecule has 0 bridgehead atoms. The van der Waals surface area contributed by atoms with E-state index in [1.165, 1.54) is 0 Å². The van der Waals surface area contributed by atoms with E-state index in [1.54, 1.807) is 21.6 Å². The maximum Gasteiger partial charge on any atom is 0.490 e. The number of alkyl halides is 3. The highest BCUT2D eigenvalue weighted by molar-refractivity contribution is 7.99. The zero-order chi connectivity index (χ0) is 20.6. The van der Waals surface area contributed by atoms with E-state index >= 15 is 0 Å². The summed E-state index contributed by atoms with van der Waals surface area (Å²) < 4.78 is 31.7. The Bertz CT molecular complexity index is 591. The molecule has 2 aliphatic heterocycles. The van der Waals surface area contributed by atoms with Gasteiger partial charge in [-0.15, -0.1) is 11.8 Å². The predicted molar refractivity (Wildman–Crippen MR) is 90.3 cm³/mol. The van der Waals surface area contributed by atoms with Crippen molar-refractivity contribution in [2.24, 2.45) is 5.73 Å². The van der Waals surface area contributed by atoms with Crippen molar-refractivity contribution in [2.75, 3.05) is 24.7 Å². The number of carbonyl (C=O) groups is 3. The lowest BCUT2D eigenvalue weighted by Gasteiger charge is -2.23. The van der Waals surface area contributed by atoms with Crippen LogP contribution < -0.4 is 5.73 Å². The fourth-order valence-electron chi connectivity index (χ4n) is 2.55. The van der Waals surface area contributed by atoms with Crippen molar-refractivity contribution in [2.45, 2.75) is 43.9 Å². The van der Waals surface area contributed by atoms with Gasteiger partial charge in [0.05, 0.1) is 18.0 Å². The van der Waals surface area contributed by atoms with Crippen molar-refractivity contribution in [3.05, 3.63) is 0 Å². The van der Waals surface area contributed by atoms with Crippen molar-refractivity contribution in [3.8, 4) is 6.07 Å². The number of nitrogens with two attached hydrogens (primary N) is 1. The molecule has 0 aromatic carbocycles. The lowest BCUT2D eigenvalue weighted by atomic mass is 10.1. The van der Waals surface area contributed by atoms with Crippen LogP contribution in [0, 0.1) is 11.3 Å². The maximum atomic E-state index is 12.2. The second-order valence-corrected chi connectivity index (χ2v) is 7.04. The van der Waals surface area contributed by atoms with Gasteiger partial charge in [0, 0.05) is 25.3 Å². The fraction of sp³-hybridized carbons (Fsp3) is 0.733. The van der Waals surface area contributed by atoms with Crippen LogP contribution in [-0.2, 0) is 14.4 Å². The van der Waals surface area contributed by atoms with Crippen LogP contribution in [0.5, 0.6) is 0 Å².